The summed E-state index contributed by atoms with van der Waals surface area (Å²) in [4.78, 5) is 3.17. The molecule has 3 heteroatoms. The molecule has 0 fully saturated rings. The third-order valence-corrected chi connectivity index (χ3v) is 2.32. The lowest BCUT2D eigenvalue weighted by Gasteiger charge is -1.97. The van der Waals surface area contributed by atoms with Crippen molar-refractivity contribution in [2.75, 3.05) is 0 Å². The first kappa shape index (κ1) is 7.38. The van der Waals surface area contributed by atoms with E-state index in [2.05, 4.69) is 39.8 Å². The van der Waals surface area contributed by atoms with Crippen LogP contribution in [0.25, 0.3) is 10.9 Å². The van der Waals surface area contributed by atoms with Crippen LogP contribution in [-0.4, -0.2) is 10.7 Å². The number of fused-ring (bicyclic) bond motifs is 1. The van der Waals surface area contributed by atoms with Gasteiger partial charge < -0.3 is 4.98 Å². The van der Waals surface area contributed by atoms with E-state index in [4.69, 9.17) is 0 Å². The Labute approximate surface area is 81.1 Å². The van der Waals surface area contributed by atoms with Crippen LogP contribution >= 0.6 is 0 Å². The molecule has 2 aromatic rings. The smallest absolute Gasteiger partial charge is 0.0945 e. The molecule has 1 aliphatic heterocycles. The van der Waals surface area contributed by atoms with Gasteiger partial charge in [0, 0.05) is 17.3 Å². The molecule has 0 saturated carbocycles. The highest BCUT2D eigenvalue weighted by Crippen LogP contribution is 2.15. The molecule has 3 rings (SSSR count). The highest BCUT2D eigenvalue weighted by Gasteiger charge is 2.05. The largest absolute Gasteiger partial charge is 0.361 e. The third kappa shape index (κ3) is 1.03. The fourth-order valence-electron chi connectivity index (χ4n) is 1.59. The summed E-state index contributed by atoms with van der Waals surface area (Å²) in [6, 6.07) is 8.27. The van der Waals surface area contributed by atoms with Crippen molar-refractivity contribution in [3.63, 3.8) is 0 Å². The van der Waals surface area contributed by atoms with Gasteiger partial charge in [0.15, 0.2) is 0 Å². The lowest BCUT2D eigenvalue weighted by Crippen LogP contribution is -1.93. The van der Waals surface area contributed by atoms with Crippen LogP contribution in [0.1, 0.15) is 5.56 Å². The fraction of sp³-hybridized carbons (Fsp3) is 0. The van der Waals surface area contributed by atoms with Crippen molar-refractivity contribution in [1.82, 2.24) is 10.4 Å². The second-order valence-corrected chi connectivity index (χ2v) is 3.20. The number of nitrogens with zero attached hydrogens (tertiary/aromatic N) is 2. The zero-order valence-electron chi connectivity index (χ0n) is 7.44. The zero-order chi connectivity index (χ0) is 9.38. The monoisotopic (exact) mass is 182 g/mol. The Balaban J connectivity index is 2.17. The van der Waals surface area contributed by atoms with Gasteiger partial charge in [-0.15, -0.1) is 0 Å². The molecule has 1 aliphatic rings. The molecule has 1 aromatic heterocycles. The minimum Gasteiger partial charge on any atom is -0.361 e. The summed E-state index contributed by atoms with van der Waals surface area (Å²) in [5, 5.41) is 5.23. The number of aromatic amines is 1. The van der Waals surface area contributed by atoms with E-state index >= 15 is 0 Å². The summed E-state index contributed by atoms with van der Waals surface area (Å²) >= 11 is 0. The summed E-state index contributed by atoms with van der Waals surface area (Å²) in [6.07, 6.45) is 5.55. The number of allylic oxidation sites excluding steroid dienone is 1. The zero-order valence-corrected chi connectivity index (χ0v) is 7.44. The van der Waals surface area contributed by atoms with Gasteiger partial charge in [-0.3, -0.25) is 0 Å². The van der Waals surface area contributed by atoms with E-state index in [0.29, 0.717) is 0 Å². The Bertz CT molecular complexity index is 534. The van der Waals surface area contributed by atoms with Crippen LogP contribution in [0.2, 0.25) is 0 Å². The van der Waals surface area contributed by atoms with Crippen molar-refractivity contribution in [1.29, 1.82) is 0 Å². The highest BCUT2D eigenvalue weighted by atomic mass is 15.3. The maximum Gasteiger partial charge on any atom is 0.0945 e. The lowest BCUT2D eigenvalue weighted by atomic mass is 10.1. The van der Waals surface area contributed by atoms with E-state index in [9.17, 15) is 0 Å². The molecule has 0 saturated heterocycles. The van der Waals surface area contributed by atoms with Crippen LogP contribution in [-0.2, 0) is 0 Å². The Kier molecular flexibility index (Phi) is 1.44. The van der Waals surface area contributed by atoms with Crippen LogP contribution in [0.5, 0.6) is 0 Å². The Morgan fingerprint density at radius 2 is 2.14 bits per heavy atom. The predicted octanol–water partition coefficient (Wildman–Crippen LogP) is 2.00. The molecule has 2 heterocycles. The van der Waals surface area contributed by atoms with Crippen molar-refractivity contribution in [3.05, 3.63) is 48.3 Å². The van der Waals surface area contributed by atoms with Crippen molar-refractivity contribution in [2.45, 2.75) is 0 Å². The van der Waals surface area contributed by atoms with Crippen molar-refractivity contribution >= 4 is 16.6 Å². The molecule has 0 spiro atoms. The summed E-state index contributed by atoms with van der Waals surface area (Å²) in [5.41, 5.74) is 6.95. The van der Waals surface area contributed by atoms with Gasteiger partial charge in [0.05, 0.1) is 11.9 Å². The Morgan fingerprint density at radius 1 is 1.14 bits per heavy atom. The number of H-pyrrole nitrogens is 1. The highest BCUT2D eigenvalue weighted by molar-refractivity contribution is 6.10. The van der Waals surface area contributed by atoms with Gasteiger partial charge in [-0.1, -0.05) is 12.1 Å². The van der Waals surface area contributed by atoms with Gasteiger partial charge in [-0.2, -0.15) is 10.5 Å². The van der Waals surface area contributed by atoms with E-state index in [1.807, 2.05) is 12.3 Å². The first-order chi connectivity index (χ1) is 6.93. The number of hydrogen-bond acceptors (Lipinski definition) is 1. The summed E-state index contributed by atoms with van der Waals surface area (Å²) < 4.78 is 0. The van der Waals surface area contributed by atoms with Gasteiger partial charge in [0.25, 0.3) is 0 Å². The molecule has 1 N–H and O–H groups in total. The summed E-state index contributed by atoms with van der Waals surface area (Å²) in [7, 11) is 0. The van der Waals surface area contributed by atoms with Gasteiger partial charge in [-0.25, -0.2) is 0 Å². The number of hydrogen-bond donors (Lipinski definition) is 1. The van der Waals surface area contributed by atoms with Gasteiger partial charge in [-0.05, 0) is 23.6 Å². The molecule has 0 atom stereocenters. The number of benzene rings is 1. The molecular weight excluding hydrogens is 174 g/mol. The standard InChI is InChI=1S/C11H8N3/c1-2-9(10-4-6-13-14-10)7-11-8(1)3-5-12-11/h1-7,12H. The van der Waals surface area contributed by atoms with Crippen LogP contribution < -0.4 is 5.43 Å². The van der Waals surface area contributed by atoms with E-state index in [-0.39, 0.29) is 0 Å². The number of aromatic nitrogens is 1. The molecule has 67 valence electrons. The minimum absolute atomic E-state index is 0.918. The SMILES string of the molecule is C1=CC(c2ccc3cc[nH]c3c2)=N[N]1. The molecule has 0 amide bonds. The van der Waals surface area contributed by atoms with Crippen LogP contribution in [0, 0.1) is 0 Å². The maximum atomic E-state index is 4.01. The van der Waals surface area contributed by atoms with E-state index in [1.165, 1.54) is 5.39 Å². The number of nitrogens with one attached hydrogen (secondary N) is 1. The minimum atomic E-state index is 0.918. The first-order valence-corrected chi connectivity index (χ1v) is 4.45. The molecule has 1 radical (unpaired) electrons. The average molecular weight is 182 g/mol. The fourth-order valence-corrected chi connectivity index (χ4v) is 1.59. The Morgan fingerprint density at radius 3 is 3.00 bits per heavy atom. The molecule has 0 aliphatic carbocycles. The molecular formula is C11H8N3. The van der Waals surface area contributed by atoms with Crippen molar-refractivity contribution in [3.8, 4) is 0 Å². The van der Waals surface area contributed by atoms with E-state index in [1.54, 1.807) is 6.20 Å². The normalized spacial score (nSPS) is 14.4. The second kappa shape index (κ2) is 2.73. The molecule has 1 aromatic carbocycles. The Hall–Kier alpha value is -2.03. The van der Waals surface area contributed by atoms with Gasteiger partial charge >= 0.3 is 0 Å². The van der Waals surface area contributed by atoms with Gasteiger partial charge in [0.1, 0.15) is 0 Å². The topological polar surface area (TPSA) is 42.2 Å². The summed E-state index contributed by atoms with van der Waals surface area (Å²) in [6.45, 7) is 0. The van der Waals surface area contributed by atoms with E-state index in [0.717, 1.165) is 16.8 Å². The van der Waals surface area contributed by atoms with Crippen LogP contribution in [0.3, 0.4) is 0 Å². The number of rotatable bonds is 1. The van der Waals surface area contributed by atoms with Crippen LogP contribution in [0.15, 0.2) is 47.8 Å². The third-order valence-electron chi connectivity index (χ3n) is 2.32. The van der Waals surface area contributed by atoms with Crippen molar-refractivity contribution < 1.29 is 0 Å². The predicted molar refractivity (Wildman–Crippen MR) is 56.1 cm³/mol. The van der Waals surface area contributed by atoms with Crippen LogP contribution in [0.4, 0.5) is 0 Å². The lowest BCUT2D eigenvalue weighted by molar-refractivity contribution is 0.972. The molecule has 3 nitrogen and oxygen atoms in total. The second-order valence-electron chi connectivity index (χ2n) is 3.20. The summed E-state index contributed by atoms with van der Waals surface area (Å²) in [5.74, 6) is 0. The quantitative estimate of drug-likeness (QED) is 0.701. The maximum absolute atomic E-state index is 4.01. The molecule has 0 bridgehead atoms. The average Bonchev–Trinajstić information content (AvgIpc) is 2.88. The molecule has 0 unspecified atom stereocenters. The molecule has 14 heavy (non-hydrogen) atoms. The van der Waals surface area contributed by atoms with Crippen molar-refractivity contribution in [2.24, 2.45) is 5.10 Å². The first-order valence-electron chi connectivity index (χ1n) is 4.45. The van der Waals surface area contributed by atoms with Gasteiger partial charge in [0.2, 0.25) is 0 Å². The van der Waals surface area contributed by atoms with E-state index < -0.39 is 0 Å².